The van der Waals surface area contributed by atoms with E-state index in [0.29, 0.717) is 6.04 Å². The summed E-state index contributed by atoms with van der Waals surface area (Å²) in [6.07, 6.45) is 3.56. The molecule has 1 aromatic carbocycles. The molecule has 0 aliphatic heterocycles. The van der Waals surface area contributed by atoms with Crippen molar-refractivity contribution in [2.75, 3.05) is 11.9 Å². The fourth-order valence-electron chi connectivity index (χ4n) is 2.03. The summed E-state index contributed by atoms with van der Waals surface area (Å²) in [6, 6.07) is 8.26. The van der Waals surface area contributed by atoms with Crippen molar-refractivity contribution >= 4 is 44.4 Å². The van der Waals surface area contributed by atoms with Crippen LogP contribution >= 0.6 is 38.5 Å². The second-order valence-corrected chi connectivity index (χ2v) is 6.21. The van der Waals surface area contributed by atoms with Crippen LogP contribution < -0.4 is 0 Å². The van der Waals surface area contributed by atoms with Gasteiger partial charge in [-0.15, -0.1) is 0 Å². The standard InChI is InChI=1S/C13H15BrINO/c14-8-9-16(10-4-3-5-10)13(17)11-6-1-2-7-12(11)15/h1-2,6-7,10H,3-5,8-9H2. The molecular weight excluding hydrogens is 393 g/mol. The van der Waals surface area contributed by atoms with Crippen molar-refractivity contribution in [2.24, 2.45) is 0 Å². The van der Waals surface area contributed by atoms with Crippen molar-refractivity contribution in [3.63, 3.8) is 0 Å². The van der Waals surface area contributed by atoms with Gasteiger partial charge in [-0.1, -0.05) is 28.1 Å². The Morgan fingerprint density at radius 3 is 2.65 bits per heavy atom. The van der Waals surface area contributed by atoms with Gasteiger partial charge in [-0.25, -0.2) is 0 Å². The maximum atomic E-state index is 12.5. The first-order valence-corrected chi connectivity index (χ1v) is 8.05. The van der Waals surface area contributed by atoms with Gasteiger partial charge in [-0.05, 0) is 54.0 Å². The minimum absolute atomic E-state index is 0.180. The van der Waals surface area contributed by atoms with Gasteiger partial charge in [-0.3, -0.25) is 4.79 Å². The van der Waals surface area contributed by atoms with Crippen molar-refractivity contribution in [1.29, 1.82) is 0 Å². The number of nitrogens with zero attached hydrogens (tertiary/aromatic N) is 1. The van der Waals surface area contributed by atoms with Gasteiger partial charge in [0.2, 0.25) is 0 Å². The number of amides is 1. The minimum Gasteiger partial charge on any atom is -0.335 e. The maximum absolute atomic E-state index is 12.5. The van der Waals surface area contributed by atoms with Crippen LogP contribution in [-0.2, 0) is 0 Å². The molecule has 0 radical (unpaired) electrons. The van der Waals surface area contributed by atoms with Crippen LogP contribution in [0, 0.1) is 3.57 Å². The molecule has 2 rings (SSSR count). The Bertz CT molecular complexity index is 406. The van der Waals surface area contributed by atoms with Crippen LogP contribution in [-0.4, -0.2) is 28.7 Å². The van der Waals surface area contributed by atoms with E-state index in [4.69, 9.17) is 0 Å². The number of carbonyl (C=O) groups excluding carboxylic acids is 1. The molecule has 2 nitrogen and oxygen atoms in total. The van der Waals surface area contributed by atoms with Crippen molar-refractivity contribution in [3.05, 3.63) is 33.4 Å². The highest BCUT2D eigenvalue weighted by atomic mass is 127. The summed E-state index contributed by atoms with van der Waals surface area (Å²) in [5, 5.41) is 0.846. The Hall–Kier alpha value is -0.100. The van der Waals surface area contributed by atoms with Crippen LogP contribution in [0.2, 0.25) is 0 Å². The third-order valence-electron chi connectivity index (χ3n) is 3.21. The van der Waals surface area contributed by atoms with Crippen LogP contribution in [0.5, 0.6) is 0 Å². The van der Waals surface area contributed by atoms with Gasteiger partial charge < -0.3 is 4.90 Å². The first kappa shape index (κ1) is 13.3. The third kappa shape index (κ3) is 3.02. The van der Waals surface area contributed by atoms with Gasteiger partial charge in [-0.2, -0.15) is 0 Å². The van der Waals surface area contributed by atoms with E-state index in [9.17, 15) is 4.79 Å². The van der Waals surface area contributed by atoms with Crippen LogP contribution in [0.15, 0.2) is 24.3 Å². The molecule has 17 heavy (non-hydrogen) atoms. The Morgan fingerprint density at radius 1 is 1.41 bits per heavy atom. The average Bonchev–Trinajstić information content (AvgIpc) is 2.26. The van der Waals surface area contributed by atoms with Crippen LogP contribution in [0.4, 0.5) is 0 Å². The molecule has 0 atom stereocenters. The Morgan fingerprint density at radius 2 is 2.12 bits per heavy atom. The summed E-state index contributed by atoms with van der Waals surface area (Å²) < 4.78 is 1.04. The van der Waals surface area contributed by atoms with Crippen molar-refractivity contribution < 1.29 is 4.79 Å². The first-order valence-electron chi connectivity index (χ1n) is 5.85. The zero-order chi connectivity index (χ0) is 12.3. The second kappa shape index (κ2) is 6.18. The number of halogens is 2. The predicted molar refractivity (Wildman–Crippen MR) is 81.6 cm³/mol. The highest BCUT2D eigenvalue weighted by Gasteiger charge is 2.29. The lowest BCUT2D eigenvalue weighted by Gasteiger charge is -2.37. The Labute approximate surface area is 124 Å². The third-order valence-corrected chi connectivity index (χ3v) is 4.50. The lowest BCUT2D eigenvalue weighted by atomic mass is 9.91. The van der Waals surface area contributed by atoms with E-state index in [1.807, 2.05) is 29.2 Å². The van der Waals surface area contributed by atoms with Gasteiger partial charge in [0.1, 0.15) is 0 Å². The highest BCUT2D eigenvalue weighted by molar-refractivity contribution is 14.1. The van der Waals surface area contributed by atoms with E-state index in [1.54, 1.807) is 0 Å². The molecule has 0 saturated heterocycles. The van der Waals surface area contributed by atoms with E-state index < -0.39 is 0 Å². The van der Waals surface area contributed by atoms with Gasteiger partial charge in [0.25, 0.3) is 5.91 Å². The largest absolute Gasteiger partial charge is 0.335 e. The van der Waals surface area contributed by atoms with E-state index in [1.165, 1.54) is 6.42 Å². The lowest BCUT2D eigenvalue weighted by molar-refractivity contribution is 0.0598. The molecule has 0 aromatic heterocycles. The summed E-state index contributed by atoms with van der Waals surface area (Å²) >= 11 is 5.67. The number of hydrogen-bond acceptors (Lipinski definition) is 1. The minimum atomic E-state index is 0.180. The SMILES string of the molecule is O=C(c1ccccc1I)N(CCBr)C1CCC1. The molecule has 92 valence electrons. The quantitative estimate of drug-likeness (QED) is 0.550. The summed E-state index contributed by atoms with van der Waals surface area (Å²) in [7, 11) is 0. The van der Waals surface area contributed by atoms with Gasteiger partial charge >= 0.3 is 0 Å². The summed E-state index contributed by atoms with van der Waals surface area (Å²) in [4.78, 5) is 14.5. The molecule has 1 amide bonds. The zero-order valence-electron chi connectivity index (χ0n) is 9.53. The van der Waals surface area contributed by atoms with Crippen LogP contribution in [0.1, 0.15) is 29.6 Å². The maximum Gasteiger partial charge on any atom is 0.255 e. The number of carbonyl (C=O) groups is 1. The fourth-order valence-corrected chi connectivity index (χ4v) is 3.03. The fraction of sp³-hybridized carbons (Fsp3) is 0.462. The lowest BCUT2D eigenvalue weighted by Crippen LogP contribution is -2.45. The van der Waals surface area contributed by atoms with E-state index in [0.717, 1.165) is 33.9 Å². The Kier molecular flexibility index (Phi) is 4.85. The summed E-state index contributed by atoms with van der Waals surface area (Å²) in [5.41, 5.74) is 0.834. The Balaban J connectivity index is 2.18. The average molecular weight is 408 g/mol. The second-order valence-electron chi connectivity index (χ2n) is 4.25. The summed E-state index contributed by atoms with van der Waals surface area (Å²) in [5.74, 6) is 0.180. The molecular formula is C13H15BrINO. The number of rotatable bonds is 4. The molecule has 1 aliphatic rings. The molecule has 0 spiro atoms. The smallest absolute Gasteiger partial charge is 0.255 e. The summed E-state index contributed by atoms with van der Waals surface area (Å²) in [6.45, 7) is 0.800. The van der Waals surface area contributed by atoms with Crippen LogP contribution in [0.25, 0.3) is 0 Å². The molecule has 0 N–H and O–H groups in total. The molecule has 4 heteroatoms. The molecule has 1 aliphatic carbocycles. The molecule has 1 saturated carbocycles. The monoisotopic (exact) mass is 407 g/mol. The normalized spacial score (nSPS) is 15.4. The van der Waals surface area contributed by atoms with E-state index >= 15 is 0 Å². The van der Waals surface area contributed by atoms with Gasteiger partial charge in [0, 0.05) is 21.5 Å². The van der Waals surface area contributed by atoms with Crippen molar-refractivity contribution in [1.82, 2.24) is 4.90 Å². The molecule has 1 fully saturated rings. The molecule has 1 aromatic rings. The molecule has 0 bridgehead atoms. The van der Waals surface area contributed by atoms with E-state index in [-0.39, 0.29) is 5.91 Å². The highest BCUT2D eigenvalue weighted by Crippen LogP contribution is 2.27. The predicted octanol–water partition coefficient (Wildman–Crippen LogP) is 3.68. The number of benzene rings is 1. The van der Waals surface area contributed by atoms with Crippen molar-refractivity contribution in [3.8, 4) is 0 Å². The first-order chi connectivity index (χ1) is 8.24. The number of alkyl halides is 1. The zero-order valence-corrected chi connectivity index (χ0v) is 13.3. The molecule has 0 unspecified atom stereocenters. The topological polar surface area (TPSA) is 20.3 Å². The van der Waals surface area contributed by atoms with Gasteiger partial charge in [0.15, 0.2) is 0 Å². The van der Waals surface area contributed by atoms with Gasteiger partial charge in [0.05, 0.1) is 5.56 Å². The van der Waals surface area contributed by atoms with Crippen molar-refractivity contribution in [2.45, 2.75) is 25.3 Å². The molecule has 0 heterocycles. The van der Waals surface area contributed by atoms with Crippen LogP contribution in [0.3, 0.4) is 0 Å². The number of hydrogen-bond donors (Lipinski definition) is 0. The van der Waals surface area contributed by atoms with E-state index in [2.05, 4.69) is 38.5 Å².